The summed E-state index contributed by atoms with van der Waals surface area (Å²) in [4.78, 5) is 11.4. The van der Waals surface area contributed by atoms with E-state index in [2.05, 4.69) is 20.1 Å². The molecule has 25 heavy (non-hydrogen) atoms. The Balaban J connectivity index is 1.71. The first-order chi connectivity index (χ1) is 12.1. The van der Waals surface area contributed by atoms with E-state index in [0.717, 1.165) is 16.6 Å². The number of halogens is 1. The van der Waals surface area contributed by atoms with Gasteiger partial charge >= 0.3 is 0 Å². The lowest BCUT2D eigenvalue weighted by atomic mass is 10.2. The van der Waals surface area contributed by atoms with E-state index in [4.69, 9.17) is 11.6 Å². The van der Waals surface area contributed by atoms with Crippen molar-refractivity contribution in [1.82, 2.24) is 19.7 Å². The van der Waals surface area contributed by atoms with Gasteiger partial charge in [-0.2, -0.15) is 5.10 Å². The number of benzene rings is 1. The monoisotopic (exact) mass is 351 g/mol. The highest BCUT2D eigenvalue weighted by atomic mass is 35.5. The van der Waals surface area contributed by atoms with E-state index in [1.54, 1.807) is 23.0 Å². The molecule has 6 nitrogen and oxygen atoms in total. The molecule has 4 aromatic rings. The molecule has 0 bridgehead atoms. The molecule has 1 aromatic carbocycles. The van der Waals surface area contributed by atoms with Gasteiger partial charge in [0.05, 0.1) is 11.3 Å². The Morgan fingerprint density at radius 3 is 2.80 bits per heavy atom. The third-order valence-corrected chi connectivity index (χ3v) is 4.10. The predicted molar refractivity (Wildman–Crippen MR) is 98.7 cm³/mol. The maximum atomic E-state index is 10.1. The lowest BCUT2D eigenvalue weighted by Gasteiger charge is -1.94. The molecule has 0 aliphatic heterocycles. The zero-order valence-electron chi connectivity index (χ0n) is 13.3. The molecule has 4 rings (SSSR count). The molecule has 2 N–H and O–H groups in total. The molecular formula is C18H14ClN5O. The molecule has 0 aliphatic rings. The number of fused-ring (bicyclic) bond motifs is 1. The predicted octanol–water partition coefficient (Wildman–Crippen LogP) is 4.07. The molecule has 7 heteroatoms. The van der Waals surface area contributed by atoms with Crippen LogP contribution in [0, 0.1) is 0 Å². The standard InChI is InChI=1S/C18H14ClN5O/c1-24-16(9-14(23-24)11-5-3-2-4-6-11)20-10-13-12-7-8-15(19)21-17(12)22-18(13)25/h2-10,25H,1H3,(H,21,22). The van der Waals surface area contributed by atoms with Crippen molar-refractivity contribution in [2.24, 2.45) is 12.0 Å². The van der Waals surface area contributed by atoms with Gasteiger partial charge in [0.15, 0.2) is 11.7 Å². The fourth-order valence-electron chi connectivity index (χ4n) is 2.64. The largest absolute Gasteiger partial charge is 0.494 e. The summed E-state index contributed by atoms with van der Waals surface area (Å²) in [5.41, 5.74) is 2.93. The van der Waals surface area contributed by atoms with Crippen molar-refractivity contribution < 1.29 is 5.11 Å². The molecule has 0 saturated carbocycles. The summed E-state index contributed by atoms with van der Waals surface area (Å²) >= 11 is 5.88. The van der Waals surface area contributed by atoms with Crippen LogP contribution in [0.15, 0.2) is 53.5 Å². The molecule has 0 spiro atoms. The number of aromatic nitrogens is 4. The summed E-state index contributed by atoms with van der Waals surface area (Å²) in [5, 5.41) is 15.7. The number of aromatic hydroxyl groups is 1. The molecule has 0 amide bonds. The van der Waals surface area contributed by atoms with Crippen molar-refractivity contribution in [3.8, 4) is 17.1 Å². The minimum atomic E-state index is -0.000956. The highest BCUT2D eigenvalue weighted by Crippen LogP contribution is 2.27. The van der Waals surface area contributed by atoms with Gasteiger partial charge in [0, 0.05) is 30.3 Å². The number of aromatic amines is 1. The molecular weight excluding hydrogens is 338 g/mol. The maximum absolute atomic E-state index is 10.1. The Bertz CT molecular complexity index is 1080. The third kappa shape index (κ3) is 2.88. The summed E-state index contributed by atoms with van der Waals surface area (Å²) < 4.78 is 1.69. The second-order valence-corrected chi connectivity index (χ2v) is 5.94. The van der Waals surface area contributed by atoms with Gasteiger partial charge in [-0.1, -0.05) is 41.9 Å². The summed E-state index contributed by atoms with van der Waals surface area (Å²) in [6, 6.07) is 15.3. The molecule has 0 fully saturated rings. The van der Waals surface area contributed by atoms with Crippen LogP contribution in [0.3, 0.4) is 0 Å². The van der Waals surface area contributed by atoms with Gasteiger partial charge in [-0.05, 0) is 12.1 Å². The van der Waals surface area contributed by atoms with Crippen LogP contribution >= 0.6 is 11.6 Å². The van der Waals surface area contributed by atoms with Gasteiger partial charge in [0.25, 0.3) is 0 Å². The Morgan fingerprint density at radius 1 is 1.20 bits per heavy atom. The number of rotatable bonds is 3. The first-order valence-electron chi connectivity index (χ1n) is 7.62. The second-order valence-electron chi connectivity index (χ2n) is 5.55. The zero-order chi connectivity index (χ0) is 17.4. The number of H-pyrrole nitrogens is 1. The van der Waals surface area contributed by atoms with E-state index in [1.807, 2.05) is 43.4 Å². The lowest BCUT2D eigenvalue weighted by Crippen LogP contribution is -1.90. The number of pyridine rings is 1. The van der Waals surface area contributed by atoms with E-state index < -0.39 is 0 Å². The van der Waals surface area contributed by atoms with E-state index >= 15 is 0 Å². The third-order valence-electron chi connectivity index (χ3n) is 3.89. The number of aryl methyl sites for hydroxylation is 1. The summed E-state index contributed by atoms with van der Waals surface area (Å²) in [5.74, 6) is 0.675. The van der Waals surface area contributed by atoms with Gasteiger partial charge in [-0.15, -0.1) is 0 Å². The Kier molecular flexibility index (Phi) is 3.74. The average Bonchev–Trinajstić information content (AvgIpc) is 3.12. The number of nitrogens with one attached hydrogen (secondary N) is 1. The molecule has 0 radical (unpaired) electrons. The normalized spacial score (nSPS) is 11.6. The average molecular weight is 352 g/mol. The number of hydrogen-bond donors (Lipinski definition) is 2. The summed E-state index contributed by atoms with van der Waals surface area (Å²) in [6.45, 7) is 0. The van der Waals surface area contributed by atoms with Crippen molar-refractivity contribution in [1.29, 1.82) is 0 Å². The quantitative estimate of drug-likeness (QED) is 0.431. The van der Waals surface area contributed by atoms with Crippen LogP contribution in [0.1, 0.15) is 5.56 Å². The van der Waals surface area contributed by atoms with Crippen molar-refractivity contribution in [3.63, 3.8) is 0 Å². The Morgan fingerprint density at radius 2 is 2.00 bits per heavy atom. The molecule has 3 aromatic heterocycles. The fourth-order valence-corrected chi connectivity index (χ4v) is 2.79. The van der Waals surface area contributed by atoms with Crippen molar-refractivity contribution in [2.45, 2.75) is 0 Å². The second kappa shape index (κ2) is 6.07. The maximum Gasteiger partial charge on any atom is 0.199 e. The van der Waals surface area contributed by atoms with Crippen molar-refractivity contribution >= 4 is 34.7 Å². The van der Waals surface area contributed by atoms with Gasteiger partial charge in [-0.25, -0.2) is 9.98 Å². The molecule has 3 heterocycles. The Hall–Kier alpha value is -3.12. The van der Waals surface area contributed by atoms with Crippen LogP contribution in [0.5, 0.6) is 5.88 Å². The van der Waals surface area contributed by atoms with Crippen LogP contribution in [0.4, 0.5) is 5.82 Å². The first-order valence-corrected chi connectivity index (χ1v) is 8.00. The molecule has 0 aliphatic carbocycles. The SMILES string of the molecule is Cn1nc(-c2ccccc2)cc1N=Cc1c(O)[nH]c2nc(Cl)ccc12. The highest BCUT2D eigenvalue weighted by molar-refractivity contribution is 6.29. The zero-order valence-corrected chi connectivity index (χ0v) is 14.1. The van der Waals surface area contributed by atoms with Gasteiger partial charge in [0.1, 0.15) is 10.8 Å². The van der Waals surface area contributed by atoms with Crippen LogP contribution < -0.4 is 0 Å². The van der Waals surface area contributed by atoms with Gasteiger partial charge in [0.2, 0.25) is 0 Å². The van der Waals surface area contributed by atoms with Crippen LogP contribution in [-0.4, -0.2) is 31.1 Å². The van der Waals surface area contributed by atoms with Crippen molar-refractivity contribution in [3.05, 3.63) is 59.2 Å². The minimum Gasteiger partial charge on any atom is -0.494 e. The smallest absolute Gasteiger partial charge is 0.199 e. The van der Waals surface area contributed by atoms with E-state index in [9.17, 15) is 5.11 Å². The van der Waals surface area contributed by atoms with Crippen LogP contribution in [-0.2, 0) is 7.05 Å². The summed E-state index contributed by atoms with van der Waals surface area (Å²) in [7, 11) is 1.83. The molecule has 124 valence electrons. The minimum absolute atomic E-state index is 0.000956. The molecule has 0 unspecified atom stereocenters. The highest BCUT2D eigenvalue weighted by Gasteiger charge is 2.11. The van der Waals surface area contributed by atoms with E-state index in [-0.39, 0.29) is 5.88 Å². The number of hydrogen-bond acceptors (Lipinski definition) is 4. The molecule has 0 saturated heterocycles. The van der Waals surface area contributed by atoms with Crippen LogP contribution in [0.25, 0.3) is 22.3 Å². The molecule has 0 atom stereocenters. The van der Waals surface area contributed by atoms with Gasteiger partial charge in [-0.3, -0.25) is 4.68 Å². The van der Waals surface area contributed by atoms with Crippen LogP contribution in [0.2, 0.25) is 5.15 Å². The number of nitrogens with zero attached hydrogens (tertiary/aromatic N) is 4. The number of aliphatic imine (C=N–C) groups is 1. The lowest BCUT2D eigenvalue weighted by molar-refractivity contribution is 0.457. The van der Waals surface area contributed by atoms with Crippen molar-refractivity contribution in [2.75, 3.05) is 0 Å². The first kappa shape index (κ1) is 15.4. The topological polar surface area (TPSA) is 79.1 Å². The fraction of sp³-hybridized carbons (Fsp3) is 0.0556. The van der Waals surface area contributed by atoms with E-state index in [0.29, 0.717) is 22.2 Å². The van der Waals surface area contributed by atoms with E-state index in [1.165, 1.54) is 0 Å². The Labute approximate surface area is 148 Å². The summed E-state index contributed by atoms with van der Waals surface area (Å²) in [6.07, 6.45) is 1.59. The van der Waals surface area contributed by atoms with Gasteiger partial charge < -0.3 is 10.1 Å².